The Labute approximate surface area is 194 Å². The normalized spacial score (nSPS) is 12.3. The standard InChI is InChI=1S/C23H28N4O5S/c1-6-20(31-19-13-11-18(12-14-19)27(4)33(5,29)30)23(28)26(3)15-21-24-22(25-32-21)17-9-7-16(2)8-10-17/h7-14,20H,6,15H2,1-5H3. The van der Waals surface area contributed by atoms with Gasteiger partial charge in [0.1, 0.15) is 5.75 Å². The van der Waals surface area contributed by atoms with Crippen LogP contribution in [0, 0.1) is 6.92 Å². The molecule has 3 aromatic rings. The molecule has 1 atom stereocenters. The van der Waals surface area contributed by atoms with E-state index in [1.165, 1.54) is 16.3 Å². The van der Waals surface area contributed by atoms with E-state index in [1.54, 1.807) is 31.3 Å². The average molecular weight is 473 g/mol. The van der Waals surface area contributed by atoms with Crippen LogP contribution in [0.4, 0.5) is 5.69 Å². The van der Waals surface area contributed by atoms with Crippen LogP contribution in [0.3, 0.4) is 0 Å². The summed E-state index contributed by atoms with van der Waals surface area (Å²) >= 11 is 0. The highest BCUT2D eigenvalue weighted by Gasteiger charge is 2.24. The summed E-state index contributed by atoms with van der Waals surface area (Å²) in [6.07, 6.45) is 0.867. The minimum Gasteiger partial charge on any atom is -0.481 e. The molecule has 3 rings (SSSR count). The van der Waals surface area contributed by atoms with Crippen LogP contribution in [0.15, 0.2) is 53.1 Å². The minimum atomic E-state index is -3.36. The van der Waals surface area contributed by atoms with E-state index in [-0.39, 0.29) is 12.5 Å². The molecule has 0 saturated carbocycles. The fraction of sp³-hybridized carbons (Fsp3) is 0.348. The molecule has 176 valence electrons. The summed E-state index contributed by atoms with van der Waals surface area (Å²) in [5, 5.41) is 4.00. The number of sulfonamides is 1. The number of carbonyl (C=O) groups is 1. The second kappa shape index (κ2) is 10.0. The number of nitrogens with zero attached hydrogens (tertiary/aromatic N) is 4. The molecule has 0 fully saturated rings. The van der Waals surface area contributed by atoms with Gasteiger partial charge in [0, 0.05) is 19.7 Å². The molecular weight excluding hydrogens is 444 g/mol. The molecule has 9 nitrogen and oxygen atoms in total. The first-order valence-corrected chi connectivity index (χ1v) is 12.3. The van der Waals surface area contributed by atoms with Crippen LogP contribution in [0.5, 0.6) is 5.75 Å². The second-order valence-corrected chi connectivity index (χ2v) is 9.82. The number of carbonyl (C=O) groups excluding carboxylic acids is 1. The lowest BCUT2D eigenvalue weighted by molar-refractivity contribution is -0.138. The lowest BCUT2D eigenvalue weighted by Gasteiger charge is -2.23. The molecule has 33 heavy (non-hydrogen) atoms. The van der Waals surface area contributed by atoms with E-state index in [0.717, 1.165) is 17.4 Å². The Hall–Kier alpha value is -3.40. The predicted octanol–water partition coefficient (Wildman–Crippen LogP) is 3.26. The zero-order valence-electron chi connectivity index (χ0n) is 19.3. The van der Waals surface area contributed by atoms with E-state index in [0.29, 0.717) is 29.6 Å². The van der Waals surface area contributed by atoms with Crippen molar-refractivity contribution in [1.82, 2.24) is 15.0 Å². The van der Waals surface area contributed by atoms with Gasteiger partial charge in [0.2, 0.25) is 21.7 Å². The van der Waals surface area contributed by atoms with Crippen molar-refractivity contribution in [1.29, 1.82) is 0 Å². The lowest BCUT2D eigenvalue weighted by atomic mass is 10.1. The predicted molar refractivity (Wildman–Crippen MR) is 125 cm³/mol. The third-order valence-corrected chi connectivity index (χ3v) is 6.35. The quantitative estimate of drug-likeness (QED) is 0.471. The molecule has 1 aromatic heterocycles. The van der Waals surface area contributed by atoms with Crippen LogP contribution in [0.25, 0.3) is 11.4 Å². The number of rotatable bonds is 9. The average Bonchev–Trinajstić information content (AvgIpc) is 3.25. The van der Waals surface area contributed by atoms with E-state index in [1.807, 2.05) is 38.1 Å². The smallest absolute Gasteiger partial charge is 0.263 e. The molecule has 2 aromatic carbocycles. The summed E-state index contributed by atoms with van der Waals surface area (Å²) in [6.45, 7) is 4.00. The zero-order valence-corrected chi connectivity index (χ0v) is 20.2. The van der Waals surface area contributed by atoms with E-state index >= 15 is 0 Å². The van der Waals surface area contributed by atoms with Gasteiger partial charge in [-0.25, -0.2) is 8.42 Å². The lowest BCUT2D eigenvalue weighted by Crippen LogP contribution is -2.39. The molecule has 10 heteroatoms. The highest BCUT2D eigenvalue weighted by Crippen LogP contribution is 2.22. The molecule has 0 radical (unpaired) electrons. The molecule has 0 bridgehead atoms. The summed E-state index contributed by atoms with van der Waals surface area (Å²) in [4.78, 5) is 18.8. The summed E-state index contributed by atoms with van der Waals surface area (Å²) in [5.41, 5.74) is 2.47. The molecule has 0 saturated heterocycles. The molecule has 0 aliphatic rings. The van der Waals surface area contributed by atoms with Crippen LogP contribution in [0.2, 0.25) is 0 Å². The van der Waals surface area contributed by atoms with Crippen molar-refractivity contribution in [2.75, 3.05) is 24.7 Å². The third-order valence-electron chi connectivity index (χ3n) is 5.15. The number of benzene rings is 2. The first kappa shape index (κ1) is 24.2. The maximum absolute atomic E-state index is 12.9. The Bertz CT molecular complexity index is 1190. The number of aromatic nitrogens is 2. The van der Waals surface area contributed by atoms with E-state index in [2.05, 4.69) is 10.1 Å². The third kappa shape index (κ3) is 6.10. The topological polar surface area (TPSA) is 106 Å². The number of aryl methyl sites for hydroxylation is 1. The Morgan fingerprint density at radius 1 is 1.09 bits per heavy atom. The van der Waals surface area contributed by atoms with Crippen LogP contribution in [-0.4, -0.2) is 55.8 Å². The molecule has 0 aliphatic carbocycles. The highest BCUT2D eigenvalue weighted by molar-refractivity contribution is 7.92. The maximum Gasteiger partial charge on any atom is 0.263 e. The Kier molecular flexibility index (Phi) is 7.37. The van der Waals surface area contributed by atoms with Gasteiger partial charge >= 0.3 is 0 Å². The van der Waals surface area contributed by atoms with E-state index in [9.17, 15) is 13.2 Å². The van der Waals surface area contributed by atoms with Crippen molar-refractivity contribution in [3.63, 3.8) is 0 Å². The number of ether oxygens (including phenoxy) is 1. The highest BCUT2D eigenvalue weighted by atomic mass is 32.2. The number of likely N-dealkylation sites (N-methyl/N-ethyl adjacent to an activating group) is 1. The van der Waals surface area contributed by atoms with E-state index in [4.69, 9.17) is 9.26 Å². The maximum atomic E-state index is 12.9. The van der Waals surface area contributed by atoms with Crippen LogP contribution < -0.4 is 9.04 Å². The van der Waals surface area contributed by atoms with Crippen molar-refractivity contribution in [3.8, 4) is 17.1 Å². The van der Waals surface area contributed by atoms with Crippen molar-refractivity contribution in [2.24, 2.45) is 0 Å². The summed E-state index contributed by atoms with van der Waals surface area (Å²) in [5.74, 6) is 1.02. The van der Waals surface area contributed by atoms with Gasteiger partial charge in [0.15, 0.2) is 6.10 Å². The van der Waals surface area contributed by atoms with Gasteiger partial charge in [0.25, 0.3) is 5.91 Å². The molecular formula is C23H28N4O5S. The first-order chi connectivity index (χ1) is 15.6. The number of anilines is 1. The zero-order chi connectivity index (χ0) is 24.2. The Morgan fingerprint density at radius 2 is 1.73 bits per heavy atom. The van der Waals surface area contributed by atoms with Gasteiger partial charge in [-0.15, -0.1) is 0 Å². The SMILES string of the molecule is CCC(Oc1ccc(N(C)S(C)(=O)=O)cc1)C(=O)N(C)Cc1nc(-c2ccc(C)cc2)no1. The van der Waals surface area contributed by atoms with Crippen LogP contribution in [-0.2, 0) is 21.4 Å². The summed E-state index contributed by atoms with van der Waals surface area (Å²) in [7, 11) is -0.238. The van der Waals surface area contributed by atoms with Gasteiger partial charge in [0.05, 0.1) is 18.5 Å². The minimum absolute atomic E-state index is 0.148. The summed E-state index contributed by atoms with van der Waals surface area (Å²) < 4.78 is 35.7. The van der Waals surface area contributed by atoms with Crippen molar-refractivity contribution >= 4 is 21.6 Å². The van der Waals surface area contributed by atoms with Gasteiger partial charge in [-0.05, 0) is 37.6 Å². The molecule has 1 amide bonds. The molecule has 1 unspecified atom stereocenters. The largest absolute Gasteiger partial charge is 0.481 e. The fourth-order valence-electron chi connectivity index (χ4n) is 3.06. The Morgan fingerprint density at radius 3 is 2.30 bits per heavy atom. The number of hydrogen-bond donors (Lipinski definition) is 0. The second-order valence-electron chi connectivity index (χ2n) is 7.81. The van der Waals surface area contributed by atoms with Gasteiger partial charge < -0.3 is 14.2 Å². The molecule has 0 spiro atoms. The van der Waals surface area contributed by atoms with Crippen LogP contribution in [0.1, 0.15) is 24.8 Å². The van der Waals surface area contributed by atoms with Gasteiger partial charge in [-0.3, -0.25) is 9.10 Å². The van der Waals surface area contributed by atoms with Gasteiger partial charge in [-0.2, -0.15) is 4.98 Å². The number of hydrogen-bond acceptors (Lipinski definition) is 7. The molecule has 0 N–H and O–H groups in total. The fourth-order valence-corrected chi connectivity index (χ4v) is 3.57. The summed E-state index contributed by atoms with van der Waals surface area (Å²) in [6, 6.07) is 14.3. The van der Waals surface area contributed by atoms with Crippen molar-refractivity contribution in [2.45, 2.75) is 32.9 Å². The van der Waals surface area contributed by atoms with Gasteiger partial charge in [-0.1, -0.05) is 41.9 Å². The first-order valence-electron chi connectivity index (χ1n) is 10.4. The van der Waals surface area contributed by atoms with E-state index < -0.39 is 16.1 Å². The van der Waals surface area contributed by atoms with Crippen molar-refractivity contribution < 1.29 is 22.5 Å². The number of amides is 1. The van der Waals surface area contributed by atoms with Crippen LogP contribution >= 0.6 is 0 Å². The molecule has 1 heterocycles. The monoisotopic (exact) mass is 472 g/mol. The van der Waals surface area contributed by atoms with Crippen molar-refractivity contribution in [3.05, 3.63) is 60.0 Å². The Balaban J connectivity index is 1.63. The molecule has 0 aliphatic heterocycles.